The molecule has 8 nitrogen and oxygen atoms in total. The first kappa shape index (κ1) is 26.2. The lowest BCUT2D eigenvalue weighted by Crippen LogP contribution is -2.45. The molecule has 1 aromatic heterocycles. The Labute approximate surface area is 241 Å². The standard InChI is InChI=1S/C32H42FN5O3/c33-23-15-31(9-3-11-38(31)17-23)21-40-29-35-27-16-32(10-1-4-22-5-6-24(34)14-26(22)32)41-18-25(27)28(36-29)37-12-13-39-20-30(19-37)7-2-8-30/h5-6,14,23H,1-4,7-13,15-21,34H2/t23?,31-,32-/m0/s1. The first-order chi connectivity index (χ1) is 19.9. The molecule has 0 amide bonds. The topological polar surface area (TPSA) is 86.0 Å². The van der Waals surface area contributed by atoms with Crippen molar-refractivity contribution in [3.8, 4) is 6.01 Å². The predicted octanol–water partition coefficient (Wildman–Crippen LogP) is 4.33. The van der Waals surface area contributed by atoms with Crippen molar-refractivity contribution >= 4 is 11.5 Å². The monoisotopic (exact) mass is 563 g/mol. The Morgan fingerprint density at radius 1 is 1.10 bits per heavy atom. The highest BCUT2D eigenvalue weighted by atomic mass is 19.1. The highest BCUT2D eigenvalue weighted by molar-refractivity contribution is 5.54. The number of halogens is 1. The average Bonchev–Trinajstić information content (AvgIpc) is 3.36. The van der Waals surface area contributed by atoms with Crippen LogP contribution in [0.25, 0.3) is 0 Å². The fraction of sp³-hybridized carbons (Fsp3) is 0.688. The summed E-state index contributed by atoms with van der Waals surface area (Å²) in [6.45, 7) is 5.57. The van der Waals surface area contributed by atoms with E-state index in [1.807, 2.05) is 6.07 Å². The molecule has 4 fully saturated rings. The highest BCUT2D eigenvalue weighted by Gasteiger charge is 2.50. The van der Waals surface area contributed by atoms with Gasteiger partial charge in [0.1, 0.15) is 18.6 Å². The quantitative estimate of drug-likeness (QED) is 0.551. The molecule has 2 N–H and O–H groups in total. The maximum atomic E-state index is 14.5. The van der Waals surface area contributed by atoms with Gasteiger partial charge in [-0.15, -0.1) is 0 Å². The summed E-state index contributed by atoms with van der Waals surface area (Å²) >= 11 is 0. The van der Waals surface area contributed by atoms with E-state index >= 15 is 0 Å². The molecule has 2 aromatic rings. The maximum Gasteiger partial charge on any atom is 0.318 e. The molecule has 1 unspecified atom stereocenters. The number of aryl methyl sites for hydroxylation is 1. The minimum Gasteiger partial charge on any atom is -0.461 e. The summed E-state index contributed by atoms with van der Waals surface area (Å²) in [5.41, 5.74) is 11.2. The second-order valence-electron chi connectivity index (χ2n) is 13.7. The van der Waals surface area contributed by atoms with E-state index in [0.29, 0.717) is 45.2 Å². The average molecular weight is 564 g/mol. The van der Waals surface area contributed by atoms with Crippen LogP contribution in [-0.4, -0.2) is 72.6 Å². The third kappa shape index (κ3) is 4.41. The van der Waals surface area contributed by atoms with Gasteiger partial charge in [-0.1, -0.05) is 12.5 Å². The van der Waals surface area contributed by atoms with Crippen LogP contribution >= 0.6 is 0 Å². The van der Waals surface area contributed by atoms with Gasteiger partial charge in [-0.2, -0.15) is 9.97 Å². The van der Waals surface area contributed by atoms with Gasteiger partial charge in [0.2, 0.25) is 0 Å². The molecule has 3 saturated heterocycles. The van der Waals surface area contributed by atoms with Gasteiger partial charge in [-0.25, -0.2) is 4.39 Å². The smallest absolute Gasteiger partial charge is 0.318 e. The lowest BCUT2D eigenvalue weighted by Gasteiger charge is -2.45. The fourth-order valence-electron chi connectivity index (χ4n) is 8.72. The number of anilines is 2. The Kier molecular flexibility index (Phi) is 6.24. The number of aromatic nitrogens is 2. The number of nitrogens with two attached hydrogens (primary N) is 1. The molecule has 1 saturated carbocycles. The van der Waals surface area contributed by atoms with Gasteiger partial charge in [0.15, 0.2) is 0 Å². The van der Waals surface area contributed by atoms with Gasteiger partial charge in [0.25, 0.3) is 0 Å². The SMILES string of the molecule is Nc1ccc2c(c1)[C@]1(CCC2)Cc2nc(OC[C@@]34CCCN3CC(F)C4)nc(N3CCOCC4(CCC4)C3)c2CO1. The first-order valence-electron chi connectivity index (χ1n) is 15.7. The Hall–Kier alpha value is -2.49. The van der Waals surface area contributed by atoms with Crippen molar-refractivity contribution in [3.05, 3.63) is 40.6 Å². The van der Waals surface area contributed by atoms with Crippen molar-refractivity contribution in [2.75, 3.05) is 56.6 Å². The Balaban J connectivity index is 1.16. The maximum absolute atomic E-state index is 14.5. The summed E-state index contributed by atoms with van der Waals surface area (Å²) in [5, 5.41) is 0. The molecule has 220 valence electrons. The number of hydrogen-bond acceptors (Lipinski definition) is 8. The molecule has 41 heavy (non-hydrogen) atoms. The third-order valence-electron chi connectivity index (χ3n) is 11.0. The van der Waals surface area contributed by atoms with E-state index < -0.39 is 11.8 Å². The summed E-state index contributed by atoms with van der Waals surface area (Å²) in [5.74, 6) is 0.927. The van der Waals surface area contributed by atoms with Crippen LogP contribution < -0.4 is 15.4 Å². The summed E-state index contributed by atoms with van der Waals surface area (Å²) in [6.07, 6.45) is 9.17. The Morgan fingerprint density at radius 2 is 2.02 bits per heavy atom. The van der Waals surface area contributed by atoms with E-state index in [1.54, 1.807) is 0 Å². The van der Waals surface area contributed by atoms with Crippen LogP contribution in [0.4, 0.5) is 15.9 Å². The second-order valence-corrected chi connectivity index (χ2v) is 13.7. The zero-order valence-corrected chi connectivity index (χ0v) is 24.0. The molecule has 1 aromatic carbocycles. The molecule has 4 aliphatic heterocycles. The number of rotatable bonds is 4. The first-order valence-corrected chi connectivity index (χ1v) is 15.7. The van der Waals surface area contributed by atoms with Gasteiger partial charge >= 0.3 is 6.01 Å². The van der Waals surface area contributed by atoms with Crippen LogP contribution in [0.3, 0.4) is 0 Å². The molecule has 9 heteroatoms. The summed E-state index contributed by atoms with van der Waals surface area (Å²) < 4.78 is 33.9. The lowest BCUT2D eigenvalue weighted by molar-refractivity contribution is -0.0855. The molecule has 6 aliphatic rings. The molecule has 8 rings (SSSR count). The van der Waals surface area contributed by atoms with Crippen molar-refractivity contribution in [1.82, 2.24) is 14.9 Å². The van der Waals surface area contributed by atoms with Crippen LogP contribution in [0.5, 0.6) is 6.01 Å². The molecular formula is C32H42FN5O3. The molecule has 0 radical (unpaired) electrons. The van der Waals surface area contributed by atoms with Crippen LogP contribution in [0.1, 0.15) is 73.8 Å². The van der Waals surface area contributed by atoms with E-state index in [9.17, 15) is 4.39 Å². The van der Waals surface area contributed by atoms with E-state index in [-0.39, 0.29) is 11.0 Å². The summed E-state index contributed by atoms with van der Waals surface area (Å²) in [4.78, 5) is 14.9. The molecule has 3 atom stereocenters. The number of alkyl halides is 1. The van der Waals surface area contributed by atoms with Crippen molar-refractivity contribution in [3.63, 3.8) is 0 Å². The molecule has 5 heterocycles. The molecular weight excluding hydrogens is 521 g/mol. The number of nitrogen functional groups attached to an aromatic ring is 1. The predicted molar refractivity (Wildman–Crippen MR) is 154 cm³/mol. The van der Waals surface area contributed by atoms with Gasteiger partial charge in [0, 0.05) is 49.1 Å². The Morgan fingerprint density at radius 3 is 2.90 bits per heavy atom. The third-order valence-corrected chi connectivity index (χ3v) is 11.0. The van der Waals surface area contributed by atoms with E-state index in [4.69, 9.17) is 29.9 Å². The minimum absolute atomic E-state index is 0.204. The highest BCUT2D eigenvalue weighted by Crippen LogP contribution is 2.48. The van der Waals surface area contributed by atoms with E-state index in [1.165, 1.54) is 30.4 Å². The molecule has 2 spiro atoms. The lowest BCUT2D eigenvalue weighted by atomic mass is 9.69. The second kappa shape index (κ2) is 9.78. The van der Waals surface area contributed by atoms with Crippen molar-refractivity contribution in [1.29, 1.82) is 0 Å². The minimum atomic E-state index is -0.787. The fourth-order valence-corrected chi connectivity index (χ4v) is 8.72. The van der Waals surface area contributed by atoms with Gasteiger partial charge in [0.05, 0.1) is 36.7 Å². The van der Waals surface area contributed by atoms with Crippen molar-refractivity contribution in [2.45, 2.75) is 88.1 Å². The number of hydrogen-bond donors (Lipinski definition) is 1. The van der Waals surface area contributed by atoms with E-state index in [0.717, 1.165) is 81.1 Å². The van der Waals surface area contributed by atoms with Gasteiger partial charge in [-0.3, -0.25) is 4.90 Å². The largest absolute Gasteiger partial charge is 0.461 e. The number of ether oxygens (including phenoxy) is 3. The zero-order chi connectivity index (χ0) is 27.7. The number of fused-ring (bicyclic) bond motifs is 4. The van der Waals surface area contributed by atoms with Crippen LogP contribution in [0.2, 0.25) is 0 Å². The van der Waals surface area contributed by atoms with E-state index in [2.05, 4.69) is 21.9 Å². The summed E-state index contributed by atoms with van der Waals surface area (Å²) in [7, 11) is 0. The number of nitrogens with zero attached hydrogens (tertiary/aromatic N) is 4. The van der Waals surface area contributed by atoms with Crippen molar-refractivity contribution in [2.24, 2.45) is 5.41 Å². The normalized spacial score (nSPS) is 32.3. The zero-order valence-electron chi connectivity index (χ0n) is 24.0. The molecule has 2 aliphatic carbocycles. The molecule has 0 bridgehead atoms. The van der Waals surface area contributed by atoms with Crippen LogP contribution in [0.15, 0.2) is 18.2 Å². The number of benzene rings is 1. The van der Waals surface area contributed by atoms with Crippen LogP contribution in [0, 0.1) is 5.41 Å². The van der Waals surface area contributed by atoms with Crippen LogP contribution in [-0.2, 0) is 34.5 Å². The van der Waals surface area contributed by atoms with Gasteiger partial charge in [-0.05, 0) is 74.8 Å². The van der Waals surface area contributed by atoms with Crippen molar-refractivity contribution < 1.29 is 18.6 Å². The van der Waals surface area contributed by atoms with Gasteiger partial charge < -0.3 is 24.8 Å². The summed E-state index contributed by atoms with van der Waals surface area (Å²) in [6, 6.07) is 6.67. The Bertz CT molecular complexity index is 1340.